The van der Waals surface area contributed by atoms with Gasteiger partial charge in [0.2, 0.25) is 0 Å². The molecule has 0 aliphatic rings. The van der Waals surface area contributed by atoms with Crippen LogP contribution >= 0.6 is 11.6 Å². The zero-order valence-corrected chi connectivity index (χ0v) is 17.7. The summed E-state index contributed by atoms with van der Waals surface area (Å²) in [5.41, 5.74) is 5.96. The maximum absolute atomic E-state index is 12.4. The van der Waals surface area contributed by atoms with Gasteiger partial charge in [0.05, 0.1) is 5.69 Å². The van der Waals surface area contributed by atoms with E-state index in [9.17, 15) is 4.79 Å². The number of nitrogens with one attached hydrogen (secondary N) is 1. The van der Waals surface area contributed by atoms with Crippen LogP contribution in [0, 0.1) is 20.8 Å². The molecule has 0 atom stereocenters. The summed E-state index contributed by atoms with van der Waals surface area (Å²) in [5.74, 6) is 0.469. The summed E-state index contributed by atoms with van der Waals surface area (Å²) in [5, 5.41) is 12.6. The van der Waals surface area contributed by atoms with E-state index in [0.29, 0.717) is 22.0 Å². The number of hydrogen-bond acceptors (Lipinski definition) is 4. The van der Waals surface area contributed by atoms with E-state index in [2.05, 4.69) is 15.5 Å². The van der Waals surface area contributed by atoms with Crippen molar-refractivity contribution in [1.29, 1.82) is 0 Å². The predicted molar refractivity (Wildman–Crippen MR) is 119 cm³/mol. The minimum Gasteiger partial charge on any atom is -0.483 e. The van der Waals surface area contributed by atoms with Gasteiger partial charge in [0, 0.05) is 10.7 Å². The minimum atomic E-state index is -0.234. The average Bonchev–Trinajstić information content (AvgIpc) is 3.10. The topological polar surface area (TPSA) is 69.0 Å². The van der Waals surface area contributed by atoms with Gasteiger partial charge in [0.15, 0.2) is 6.61 Å². The first-order chi connectivity index (χ1) is 14.4. The highest BCUT2D eigenvalue weighted by atomic mass is 35.5. The number of nitrogens with zero attached hydrogens (tertiary/aromatic N) is 3. The Labute approximate surface area is 179 Å². The molecule has 7 heteroatoms. The van der Waals surface area contributed by atoms with E-state index < -0.39 is 0 Å². The Bertz CT molecular complexity index is 1230. The van der Waals surface area contributed by atoms with Crippen LogP contribution in [0.4, 0.5) is 5.69 Å². The van der Waals surface area contributed by atoms with Crippen LogP contribution in [0.3, 0.4) is 0 Å². The van der Waals surface area contributed by atoms with Gasteiger partial charge in [-0.3, -0.25) is 4.79 Å². The summed E-state index contributed by atoms with van der Waals surface area (Å²) < 4.78 is 5.67. The molecule has 0 bridgehead atoms. The maximum Gasteiger partial charge on any atom is 0.262 e. The van der Waals surface area contributed by atoms with Crippen LogP contribution in [0.15, 0.2) is 54.6 Å². The standard InChI is InChI=1S/C23H21ClN4O2/c1-14-4-9-22(16(3)10-14)30-13-23(29)25-19-12-21-20(11-15(19)2)26-28(27-21)18-7-5-17(24)6-8-18/h4-12H,13H2,1-3H3,(H,25,29). The fourth-order valence-corrected chi connectivity index (χ4v) is 3.31. The fourth-order valence-electron chi connectivity index (χ4n) is 3.18. The first kappa shape index (κ1) is 19.9. The predicted octanol–water partition coefficient (Wildman–Crippen LogP) is 5.02. The molecule has 4 rings (SSSR count). The van der Waals surface area contributed by atoms with E-state index in [0.717, 1.165) is 27.9 Å². The largest absolute Gasteiger partial charge is 0.483 e. The van der Waals surface area contributed by atoms with Crippen molar-refractivity contribution in [2.75, 3.05) is 11.9 Å². The first-order valence-corrected chi connectivity index (χ1v) is 9.90. The third kappa shape index (κ3) is 4.28. The molecular formula is C23H21ClN4O2. The molecule has 1 N–H and O–H groups in total. The molecule has 0 radical (unpaired) electrons. The van der Waals surface area contributed by atoms with Gasteiger partial charge in [-0.05, 0) is 74.4 Å². The lowest BCUT2D eigenvalue weighted by atomic mass is 10.1. The van der Waals surface area contributed by atoms with Crippen molar-refractivity contribution in [3.05, 3.63) is 76.3 Å². The molecule has 0 aliphatic carbocycles. The molecule has 1 amide bonds. The molecule has 0 fully saturated rings. The lowest BCUT2D eigenvalue weighted by molar-refractivity contribution is -0.118. The van der Waals surface area contributed by atoms with Crippen molar-refractivity contribution in [2.45, 2.75) is 20.8 Å². The third-order valence-electron chi connectivity index (χ3n) is 4.75. The van der Waals surface area contributed by atoms with Gasteiger partial charge in [0.25, 0.3) is 5.91 Å². The molecule has 30 heavy (non-hydrogen) atoms. The van der Waals surface area contributed by atoms with Crippen LogP contribution in [0.5, 0.6) is 5.75 Å². The number of rotatable bonds is 5. The SMILES string of the molecule is Cc1ccc(OCC(=O)Nc2cc3nn(-c4ccc(Cl)cc4)nc3cc2C)c(C)c1. The number of fused-ring (bicyclic) bond motifs is 1. The lowest BCUT2D eigenvalue weighted by Crippen LogP contribution is -2.20. The molecule has 6 nitrogen and oxygen atoms in total. The van der Waals surface area contributed by atoms with Gasteiger partial charge < -0.3 is 10.1 Å². The Morgan fingerprint density at radius 3 is 2.37 bits per heavy atom. The molecule has 0 unspecified atom stereocenters. The van der Waals surface area contributed by atoms with Gasteiger partial charge >= 0.3 is 0 Å². The molecule has 0 aliphatic heterocycles. The van der Waals surface area contributed by atoms with Gasteiger partial charge in [-0.2, -0.15) is 4.80 Å². The third-order valence-corrected chi connectivity index (χ3v) is 5.00. The average molecular weight is 421 g/mol. The van der Waals surface area contributed by atoms with Gasteiger partial charge in [-0.15, -0.1) is 10.2 Å². The summed E-state index contributed by atoms with van der Waals surface area (Å²) in [7, 11) is 0. The fraction of sp³-hybridized carbons (Fsp3) is 0.174. The number of ether oxygens (including phenoxy) is 1. The Hall–Kier alpha value is -3.38. The number of amides is 1. The highest BCUT2D eigenvalue weighted by molar-refractivity contribution is 6.30. The lowest BCUT2D eigenvalue weighted by Gasteiger charge is -2.11. The van der Waals surface area contributed by atoms with Crippen LogP contribution < -0.4 is 10.1 Å². The number of benzene rings is 3. The highest BCUT2D eigenvalue weighted by Gasteiger charge is 2.12. The summed E-state index contributed by atoms with van der Waals surface area (Å²) >= 11 is 5.95. The van der Waals surface area contributed by atoms with Crippen LogP contribution in [0.2, 0.25) is 5.02 Å². The summed E-state index contributed by atoms with van der Waals surface area (Å²) in [6, 6.07) is 16.9. The Morgan fingerprint density at radius 1 is 0.967 bits per heavy atom. The van der Waals surface area contributed by atoms with Crippen LogP contribution in [0.1, 0.15) is 16.7 Å². The number of halogens is 1. The smallest absolute Gasteiger partial charge is 0.262 e. The van der Waals surface area contributed by atoms with E-state index in [4.69, 9.17) is 16.3 Å². The molecule has 3 aromatic carbocycles. The Balaban J connectivity index is 1.50. The Morgan fingerprint density at radius 2 is 1.67 bits per heavy atom. The van der Waals surface area contributed by atoms with E-state index >= 15 is 0 Å². The highest BCUT2D eigenvalue weighted by Crippen LogP contribution is 2.23. The van der Waals surface area contributed by atoms with Crippen molar-refractivity contribution in [2.24, 2.45) is 0 Å². The van der Waals surface area contributed by atoms with Gasteiger partial charge in [-0.1, -0.05) is 29.3 Å². The molecule has 0 saturated heterocycles. The quantitative estimate of drug-likeness (QED) is 0.492. The van der Waals surface area contributed by atoms with Crippen LogP contribution in [0.25, 0.3) is 16.7 Å². The van der Waals surface area contributed by atoms with Crippen molar-refractivity contribution >= 4 is 34.2 Å². The number of carbonyl (C=O) groups is 1. The molecule has 1 heterocycles. The monoisotopic (exact) mass is 420 g/mol. The van der Waals surface area contributed by atoms with Gasteiger partial charge in [0.1, 0.15) is 16.8 Å². The minimum absolute atomic E-state index is 0.0706. The van der Waals surface area contributed by atoms with Gasteiger partial charge in [-0.25, -0.2) is 0 Å². The summed E-state index contributed by atoms with van der Waals surface area (Å²) in [4.78, 5) is 14.0. The second kappa shape index (κ2) is 8.16. The normalized spacial score (nSPS) is 10.9. The van der Waals surface area contributed by atoms with E-state index in [1.54, 1.807) is 16.9 Å². The molecule has 0 saturated carbocycles. The van der Waals surface area contributed by atoms with E-state index in [1.807, 2.05) is 63.2 Å². The van der Waals surface area contributed by atoms with E-state index in [1.165, 1.54) is 0 Å². The van der Waals surface area contributed by atoms with Crippen molar-refractivity contribution in [3.8, 4) is 11.4 Å². The molecule has 4 aromatic rings. The molecule has 0 spiro atoms. The number of carbonyl (C=O) groups excluding carboxylic acids is 1. The zero-order chi connectivity index (χ0) is 21.3. The van der Waals surface area contributed by atoms with E-state index in [-0.39, 0.29) is 12.5 Å². The van der Waals surface area contributed by atoms with Crippen molar-refractivity contribution in [1.82, 2.24) is 15.0 Å². The number of hydrogen-bond donors (Lipinski definition) is 1. The number of anilines is 1. The second-order valence-corrected chi connectivity index (χ2v) is 7.66. The number of aromatic nitrogens is 3. The van der Waals surface area contributed by atoms with Crippen molar-refractivity contribution in [3.63, 3.8) is 0 Å². The molecular weight excluding hydrogens is 400 g/mol. The van der Waals surface area contributed by atoms with Crippen LogP contribution in [-0.2, 0) is 4.79 Å². The van der Waals surface area contributed by atoms with Crippen molar-refractivity contribution < 1.29 is 9.53 Å². The summed E-state index contributed by atoms with van der Waals surface area (Å²) in [6.45, 7) is 5.83. The zero-order valence-electron chi connectivity index (χ0n) is 16.9. The molecule has 1 aromatic heterocycles. The molecule has 152 valence electrons. The second-order valence-electron chi connectivity index (χ2n) is 7.23. The number of aryl methyl sites for hydroxylation is 3. The first-order valence-electron chi connectivity index (χ1n) is 9.52. The maximum atomic E-state index is 12.4. The Kier molecular flexibility index (Phi) is 5.42. The summed E-state index contributed by atoms with van der Waals surface area (Å²) in [6.07, 6.45) is 0. The van der Waals surface area contributed by atoms with Crippen LogP contribution in [-0.4, -0.2) is 27.5 Å².